The molecule has 32 heavy (non-hydrogen) atoms. The fourth-order valence-electron chi connectivity index (χ4n) is 5.06. The van der Waals surface area contributed by atoms with Crippen LogP contribution in [0.15, 0.2) is 4.52 Å². The molecule has 0 radical (unpaired) electrons. The lowest BCUT2D eigenvalue weighted by Gasteiger charge is -2.32. The summed E-state index contributed by atoms with van der Waals surface area (Å²) < 4.78 is 5.39. The van der Waals surface area contributed by atoms with Gasteiger partial charge in [0, 0.05) is 65.3 Å². The first-order valence-electron chi connectivity index (χ1n) is 12.0. The van der Waals surface area contributed by atoms with Crippen molar-refractivity contribution in [2.75, 3.05) is 32.7 Å². The summed E-state index contributed by atoms with van der Waals surface area (Å²) in [5.74, 6) is 2.42. The summed E-state index contributed by atoms with van der Waals surface area (Å²) in [6, 6.07) is 0.0361. The van der Waals surface area contributed by atoms with Crippen LogP contribution < -0.4 is 0 Å². The molecule has 1 unspecified atom stereocenters. The molecule has 1 atom stereocenters. The largest absolute Gasteiger partial charge is 0.343 e. The molecule has 1 saturated carbocycles. The van der Waals surface area contributed by atoms with Gasteiger partial charge in [0.1, 0.15) is 0 Å². The number of carbonyl (C=O) groups excluding carboxylic acids is 3. The van der Waals surface area contributed by atoms with Crippen LogP contribution in [0.25, 0.3) is 0 Å². The molecule has 1 aromatic heterocycles. The lowest BCUT2D eigenvalue weighted by Crippen LogP contribution is -2.43. The van der Waals surface area contributed by atoms with Crippen LogP contribution in [0.5, 0.6) is 0 Å². The van der Waals surface area contributed by atoms with Crippen LogP contribution in [-0.2, 0) is 20.8 Å². The van der Waals surface area contributed by atoms with E-state index in [9.17, 15) is 14.4 Å². The van der Waals surface area contributed by atoms with Crippen molar-refractivity contribution in [3.8, 4) is 0 Å². The van der Waals surface area contributed by atoms with Gasteiger partial charge in [0.2, 0.25) is 23.6 Å². The summed E-state index contributed by atoms with van der Waals surface area (Å²) in [5.41, 5.74) is 0. The second kappa shape index (κ2) is 10.0. The van der Waals surface area contributed by atoms with Gasteiger partial charge in [-0.3, -0.25) is 14.4 Å². The minimum absolute atomic E-state index is 0.0172. The van der Waals surface area contributed by atoms with Crippen molar-refractivity contribution in [2.45, 2.75) is 77.2 Å². The van der Waals surface area contributed by atoms with Crippen LogP contribution in [0.2, 0.25) is 0 Å². The van der Waals surface area contributed by atoms with E-state index in [1.807, 2.05) is 14.7 Å². The number of carbonyl (C=O) groups is 3. The predicted molar refractivity (Wildman–Crippen MR) is 117 cm³/mol. The molecule has 2 aliphatic heterocycles. The number of hydrogen-bond acceptors (Lipinski definition) is 6. The Balaban J connectivity index is 1.24. The molecular weight excluding hydrogens is 410 g/mol. The summed E-state index contributed by atoms with van der Waals surface area (Å²) in [5, 5.41) is 4.09. The molecule has 0 aromatic carbocycles. The fourth-order valence-corrected chi connectivity index (χ4v) is 5.06. The minimum Gasteiger partial charge on any atom is -0.343 e. The zero-order valence-electron chi connectivity index (χ0n) is 19.3. The van der Waals surface area contributed by atoms with E-state index >= 15 is 0 Å². The van der Waals surface area contributed by atoms with E-state index in [0.717, 1.165) is 51.1 Å². The standard InChI is InChI=1S/C23H35N5O4/c1-16(29)26-10-6-18(7-11-26)14-22(31)27-12-8-20(15-27)28(17(2)30)13-9-21-24-23(32-25-21)19-4-3-5-19/h18-20H,3-15H2,1-2H3. The molecule has 0 spiro atoms. The Morgan fingerprint density at radius 2 is 1.75 bits per heavy atom. The highest BCUT2D eigenvalue weighted by molar-refractivity contribution is 5.78. The molecule has 3 fully saturated rings. The molecule has 3 heterocycles. The highest BCUT2D eigenvalue weighted by Crippen LogP contribution is 2.35. The molecule has 4 rings (SSSR count). The smallest absolute Gasteiger partial charge is 0.229 e. The van der Waals surface area contributed by atoms with Gasteiger partial charge in [-0.1, -0.05) is 11.6 Å². The minimum atomic E-state index is 0.0172. The lowest BCUT2D eigenvalue weighted by molar-refractivity contribution is -0.135. The zero-order valence-corrected chi connectivity index (χ0v) is 19.3. The van der Waals surface area contributed by atoms with E-state index in [1.54, 1.807) is 13.8 Å². The first-order valence-corrected chi connectivity index (χ1v) is 12.0. The number of rotatable bonds is 7. The first-order chi connectivity index (χ1) is 15.4. The maximum Gasteiger partial charge on any atom is 0.229 e. The van der Waals surface area contributed by atoms with E-state index in [1.165, 1.54) is 6.42 Å². The van der Waals surface area contributed by atoms with Gasteiger partial charge in [-0.15, -0.1) is 0 Å². The summed E-state index contributed by atoms with van der Waals surface area (Å²) >= 11 is 0. The van der Waals surface area contributed by atoms with Gasteiger partial charge in [-0.25, -0.2) is 0 Å². The highest BCUT2D eigenvalue weighted by atomic mass is 16.5. The Morgan fingerprint density at radius 3 is 2.38 bits per heavy atom. The van der Waals surface area contributed by atoms with Crippen LogP contribution >= 0.6 is 0 Å². The third-order valence-corrected chi connectivity index (χ3v) is 7.40. The molecule has 0 N–H and O–H groups in total. The van der Waals surface area contributed by atoms with Crippen molar-refractivity contribution in [3.63, 3.8) is 0 Å². The van der Waals surface area contributed by atoms with Crippen LogP contribution in [0.4, 0.5) is 0 Å². The van der Waals surface area contributed by atoms with Gasteiger partial charge < -0.3 is 19.2 Å². The Labute approximate surface area is 189 Å². The van der Waals surface area contributed by atoms with E-state index in [0.29, 0.717) is 50.1 Å². The van der Waals surface area contributed by atoms with Gasteiger partial charge in [-0.05, 0) is 38.0 Å². The second-order valence-corrected chi connectivity index (χ2v) is 9.57. The maximum atomic E-state index is 12.9. The normalized spacial score (nSPS) is 22.1. The van der Waals surface area contributed by atoms with E-state index in [2.05, 4.69) is 10.1 Å². The van der Waals surface area contributed by atoms with Crippen LogP contribution in [-0.4, -0.2) is 81.3 Å². The molecule has 3 amide bonds. The number of likely N-dealkylation sites (tertiary alicyclic amines) is 2. The monoisotopic (exact) mass is 445 g/mol. The van der Waals surface area contributed by atoms with Crippen molar-refractivity contribution >= 4 is 17.7 Å². The van der Waals surface area contributed by atoms with Crippen molar-refractivity contribution in [1.82, 2.24) is 24.8 Å². The van der Waals surface area contributed by atoms with Crippen molar-refractivity contribution in [3.05, 3.63) is 11.7 Å². The SMILES string of the molecule is CC(=O)N1CCC(CC(=O)N2CCC(N(CCc3noc(C4CCC4)n3)C(C)=O)C2)CC1. The molecular formula is C23H35N5O4. The lowest BCUT2D eigenvalue weighted by atomic mass is 9.85. The molecule has 1 aliphatic carbocycles. The number of hydrogen-bond donors (Lipinski definition) is 0. The molecule has 2 saturated heterocycles. The predicted octanol–water partition coefficient (Wildman–Crippen LogP) is 1.98. The number of amides is 3. The van der Waals surface area contributed by atoms with E-state index < -0.39 is 0 Å². The van der Waals surface area contributed by atoms with Gasteiger partial charge in [0.15, 0.2) is 5.82 Å². The summed E-state index contributed by atoms with van der Waals surface area (Å²) in [4.78, 5) is 46.8. The van der Waals surface area contributed by atoms with Gasteiger partial charge >= 0.3 is 0 Å². The molecule has 176 valence electrons. The topological polar surface area (TPSA) is 99.9 Å². The van der Waals surface area contributed by atoms with Gasteiger partial charge in [-0.2, -0.15) is 4.98 Å². The van der Waals surface area contributed by atoms with E-state index in [-0.39, 0.29) is 23.8 Å². The molecule has 0 bridgehead atoms. The van der Waals surface area contributed by atoms with Gasteiger partial charge in [0.25, 0.3) is 0 Å². The summed E-state index contributed by atoms with van der Waals surface area (Å²) in [6.45, 7) is 6.48. The van der Waals surface area contributed by atoms with Crippen molar-refractivity contribution in [1.29, 1.82) is 0 Å². The van der Waals surface area contributed by atoms with Gasteiger partial charge in [0.05, 0.1) is 6.04 Å². The molecule has 9 heteroatoms. The van der Waals surface area contributed by atoms with Crippen LogP contribution in [0.3, 0.4) is 0 Å². The van der Waals surface area contributed by atoms with Crippen molar-refractivity contribution in [2.24, 2.45) is 5.92 Å². The van der Waals surface area contributed by atoms with Crippen LogP contribution in [0.1, 0.15) is 76.4 Å². The number of aromatic nitrogens is 2. The fraction of sp³-hybridized carbons (Fsp3) is 0.783. The maximum absolute atomic E-state index is 12.9. The van der Waals surface area contributed by atoms with E-state index in [4.69, 9.17) is 4.52 Å². The zero-order chi connectivity index (χ0) is 22.7. The quantitative estimate of drug-likeness (QED) is 0.636. The number of piperidine rings is 1. The Kier molecular flexibility index (Phi) is 7.10. The Bertz CT molecular complexity index is 828. The second-order valence-electron chi connectivity index (χ2n) is 9.57. The summed E-state index contributed by atoms with van der Waals surface area (Å²) in [7, 11) is 0. The average Bonchev–Trinajstić information content (AvgIpc) is 3.37. The molecule has 9 nitrogen and oxygen atoms in total. The molecule has 3 aliphatic rings. The summed E-state index contributed by atoms with van der Waals surface area (Å²) in [6.07, 6.45) is 7.11. The third-order valence-electron chi connectivity index (χ3n) is 7.40. The third kappa shape index (κ3) is 5.30. The Hall–Kier alpha value is -2.45. The number of nitrogens with zero attached hydrogens (tertiary/aromatic N) is 5. The average molecular weight is 446 g/mol. The highest BCUT2D eigenvalue weighted by Gasteiger charge is 2.33. The Morgan fingerprint density at radius 1 is 1.03 bits per heavy atom. The molecule has 1 aromatic rings. The first kappa shape index (κ1) is 22.7. The van der Waals surface area contributed by atoms with Crippen molar-refractivity contribution < 1.29 is 18.9 Å². The van der Waals surface area contributed by atoms with Crippen LogP contribution in [0, 0.1) is 5.92 Å².